The molecule has 5 nitrogen and oxygen atoms in total. The average Bonchev–Trinajstić information content (AvgIpc) is 3.45. The minimum atomic E-state index is 0.181. The number of hydrogen-bond donors (Lipinski definition) is 3. The number of aromatic nitrogens is 2. The van der Waals surface area contributed by atoms with Gasteiger partial charge in [0, 0.05) is 17.5 Å². The Labute approximate surface area is 158 Å². The topological polar surface area (TPSA) is 78.0 Å². The Bertz CT molecular complexity index is 775. The number of hydroxylamine groups is 1. The predicted octanol–water partition coefficient (Wildman–Crippen LogP) is 4.72. The summed E-state index contributed by atoms with van der Waals surface area (Å²) in [6, 6.07) is 18.3. The summed E-state index contributed by atoms with van der Waals surface area (Å²) in [7, 11) is 0. The summed E-state index contributed by atoms with van der Waals surface area (Å²) in [4.78, 5) is 16.3. The van der Waals surface area contributed by atoms with Crippen LogP contribution in [-0.4, -0.2) is 21.6 Å². The minimum Gasteiger partial charge on any atom is -0.342 e. The van der Waals surface area contributed by atoms with E-state index in [1.54, 1.807) is 0 Å². The highest BCUT2D eigenvalue weighted by Gasteiger charge is 2.24. The number of carbonyl (C=O) groups is 1. The Kier molecular flexibility index (Phi) is 7.86. The van der Waals surface area contributed by atoms with Crippen LogP contribution in [-0.2, 0) is 4.79 Å². The number of hydrogen-bond acceptors (Lipinski definition) is 3. The molecule has 0 spiro atoms. The number of nitrogens with zero attached hydrogens (tertiary/aromatic N) is 1. The van der Waals surface area contributed by atoms with Gasteiger partial charge in [-0.3, -0.25) is 10.0 Å². The molecule has 1 saturated carbocycles. The van der Waals surface area contributed by atoms with Crippen molar-refractivity contribution in [1.82, 2.24) is 15.4 Å². The lowest BCUT2D eigenvalue weighted by Gasteiger charge is -2.04. The molecule has 26 heavy (non-hydrogen) atoms. The molecule has 6 heteroatoms. The second kappa shape index (κ2) is 10.4. The van der Waals surface area contributed by atoms with E-state index < -0.39 is 0 Å². The van der Waals surface area contributed by atoms with E-state index in [1.165, 1.54) is 23.9 Å². The van der Waals surface area contributed by atoms with Gasteiger partial charge in [-0.15, -0.1) is 0 Å². The molecule has 1 aromatic heterocycles. The van der Waals surface area contributed by atoms with E-state index in [2.05, 4.69) is 28.2 Å². The maximum Gasteiger partial charge on any atom is 0.230 e. The van der Waals surface area contributed by atoms with Crippen LogP contribution in [0.1, 0.15) is 30.0 Å². The van der Waals surface area contributed by atoms with Gasteiger partial charge in [0.05, 0.1) is 5.02 Å². The number of amides is 1. The third kappa shape index (κ3) is 6.35. The molecule has 0 saturated heterocycles. The maximum atomic E-state index is 8.81. The molecule has 1 heterocycles. The zero-order valence-corrected chi connectivity index (χ0v) is 15.3. The fourth-order valence-corrected chi connectivity index (χ4v) is 2.61. The first-order valence-electron chi connectivity index (χ1n) is 8.30. The van der Waals surface area contributed by atoms with Gasteiger partial charge in [0.1, 0.15) is 5.82 Å². The zero-order chi connectivity index (χ0) is 18.8. The predicted molar refractivity (Wildman–Crippen MR) is 103 cm³/mol. The molecule has 1 aliphatic rings. The smallest absolute Gasteiger partial charge is 0.230 e. The van der Waals surface area contributed by atoms with Gasteiger partial charge in [0.25, 0.3) is 0 Å². The van der Waals surface area contributed by atoms with Crippen LogP contribution in [0.25, 0.3) is 11.4 Å². The van der Waals surface area contributed by atoms with Crippen LogP contribution in [0.15, 0.2) is 60.8 Å². The molecular formula is C20H22ClN3O2. The Morgan fingerprint density at radius 1 is 1.19 bits per heavy atom. The zero-order valence-electron chi connectivity index (χ0n) is 14.5. The van der Waals surface area contributed by atoms with Gasteiger partial charge in [0.15, 0.2) is 0 Å². The second-order valence-corrected chi connectivity index (χ2v) is 6.24. The van der Waals surface area contributed by atoms with Gasteiger partial charge in [-0.2, -0.15) is 0 Å². The Morgan fingerprint density at radius 2 is 1.77 bits per heavy atom. The van der Waals surface area contributed by atoms with Crippen molar-refractivity contribution in [3.63, 3.8) is 0 Å². The Morgan fingerprint density at radius 3 is 2.15 bits per heavy atom. The third-order valence-electron chi connectivity index (χ3n) is 3.72. The quantitative estimate of drug-likeness (QED) is 0.354. The van der Waals surface area contributed by atoms with Crippen LogP contribution in [0.3, 0.4) is 0 Å². The standard InChI is InChI=1S/C13H13ClN2.C6H6.CH3NO2/c1-8-7-15-13(16-8)11-5-4-10(6-12(11)14)9-2-3-9;1-2-4-6-5-3-1;3-1-2-4/h4-7,9H,2-3H2,1H3,(H,15,16);1-6H;1,4H,(H,2,3). The lowest BCUT2D eigenvalue weighted by atomic mass is 10.1. The van der Waals surface area contributed by atoms with E-state index in [-0.39, 0.29) is 6.41 Å². The molecule has 3 N–H and O–H groups in total. The van der Waals surface area contributed by atoms with E-state index in [1.807, 2.05) is 49.5 Å². The van der Waals surface area contributed by atoms with E-state index in [0.717, 1.165) is 28.0 Å². The number of rotatable bonds is 3. The van der Waals surface area contributed by atoms with Crippen LogP contribution in [0.4, 0.5) is 0 Å². The fraction of sp³-hybridized carbons (Fsp3) is 0.200. The number of aryl methyl sites for hydroxylation is 1. The lowest BCUT2D eigenvalue weighted by Crippen LogP contribution is -1.99. The molecule has 1 amide bonds. The van der Waals surface area contributed by atoms with Crippen molar-refractivity contribution in [1.29, 1.82) is 0 Å². The highest BCUT2D eigenvalue weighted by molar-refractivity contribution is 6.33. The van der Waals surface area contributed by atoms with Crippen molar-refractivity contribution in [2.24, 2.45) is 0 Å². The fourth-order valence-electron chi connectivity index (χ4n) is 2.33. The molecule has 4 rings (SSSR count). The Balaban J connectivity index is 0.000000201. The highest BCUT2D eigenvalue weighted by atomic mass is 35.5. The van der Waals surface area contributed by atoms with Gasteiger partial charge in [-0.1, -0.05) is 54.1 Å². The number of carbonyl (C=O) groups excluding carboxylic acids is 1. The number of halogens is 1. The summed E-state index contributed by atoms with van der Waals surface area (Å²) in [5, 5.41) is 8.05. The van der Waals surface area contributed by atoms with Crippen molar-refractivity contribution in [3.8, 4) is 11.4 Å². The minimum absolute atomic E-state index is 0.181. The largest absolute Gasteiger partial charge is 0.342 e. The van der Waals surface area contributed by atoms with Crippen molar-refractivity contribution < 1.29 is 10.0 Å². The van der Waals surface area contributed by atoms with Crippen LogP contribution >= 0.6 is 11.6 Å². The third-order valence-corrected chi connectivity index (χ3v) is 4.03. The molecule has 2 aromatic carbocycles. The molecule has 1 aliphatic carbocycles. The average molecular weight is 372 g/mol. The number of benzene rings is 2. The van der Waals surface area contributed by atoms with Crippen molar-refractivity contribution >= 4 is 18.0 Å². The number of imidazole rings is 1. The number of nitrogens with one attached hydrogen (secondary N) is 2. The van der Waals surface area contributed by atoms with Gasteiger partial charge in [-0.25, -0.2) is 10.5 Å². The van der Waals surface area contributed by atoms with Gasteiger partial charge in [0.2, 0.25) is 6.41 Å². The molecular weight excluding hydrogens is 350 g/mol. The molecule has 136 valence electrons. The van der Waals surface area contributed by atoms with E-state index in [4.69, 9.17) is 21.6 Å². The number of aromatic amines is 1. The first-order valence-corrected chi connectivity index (χ1v) is 8.68. The Hall–Kier alpha value is -2.63. The molecule has 0 aliphatic heterocycles. The van der Waals surface area contributed by atoms with Crippen molar-refractivity contribution in [2.45, 2.75) is 25.7 Å². The molecule has 3 aromatic rings. The monoisotopic (exact) mass is 371 g/mol. The highest BCUT2D eigenvalue weighted by Crippen LogP contribution is 2.42. The molecule has 0 bridgehead atoms. The van der Waals surface area contributed by atoms with Crippen molar-refractivity contribution in [2.75, 3.05) is 0 Å². The summed E-state index contributed by atoms with van der Waals surface area (Å²) in [5.74, 6) is 1.59. The van der Waals surface area contributed by atoms with Crippen LogP contribution in [0, 0.1) is 6.92 Å². The second-order valence-electron chi connectivity index (χ2n) is 5.83. The SMILES string of the molecule is Cc1cnc(-c2ccc(C3CC3)cc2Cl)[nH]1.O=CNO.c1ccccc1. The summed E-state index contributed by atoms with van der Waals surface area (Å²) < 4.78 is 0. The van der Waals surface area contributed by atoms with Gasteiger partial charge < -0.3 is 4.98 Å². The van der Waals surface area contributed by atoms with Crippen molar-refractivity contribution in [3.05, 3.63) is 77.1 Å². The number of H-pyrrole nitrogens is 1. The lowest BCUT2D eigenvalue weighted by molar-refractivity contribution is -0.116. The summed E-state index contributed by atoms with van der Waals surface area (Å²) >= 11 is 6.29. The normalized spacial score (nSPS) is 12.1. The van der Waals surface area contributed by atoms with Gasteiger partial charge >= 0.3 is 0 Å². The summed E-state index contributed by atoms with van der Waals surface area (Å²) in [6.45, 7) is 1.99. The first kappa shape index (κ1) is 19.7. The van der Waals surface area contributed by atoms with Crippen LogP contribution in [0.2, 0.25) is 5.02 Å². The molecule has 0 unspecified atom stereocenters. The summed E-state index contributed by atoms with van der Waals surface area (Å²) in [6.07, 6.45) is 4.60. The van der Waals surface area contributed by atoms with E-state index in [0.29, 0.717) is 0 Å². The molecule has 0 atom stereocenters. The maximum absolute atomic E-state index is 8.81. The first-order chi connectivity index (χ1) is 12.7. The van der Waals surface area contributed by atoms with E-state index >= 15 is 0 Å². The van der Waals surface area contributed by atoms with Crippen LogP contribution in [0.5, 0.6) is 0 Å². The molecule has 0 radical (unpaired) electrons. The summed E-state index contributed by atoms with van der Waals surface area (Å²) in [5.41, 5.74) is 4.65. The molecule has 1 fully saturated rings. The van der Waals surface area contributed by atoms with Gasteiger partial charge in [-0.05, 0) is 43.4 Å². The van der Waals surface area contributed by atoms with E-state index in [9.17, 15) is 0 Å². The van der Waals surface area contributed by atoms with Crippen LogP contribution < -0.4 is 5.48 Å².